The van der Waals surface area contributed by atoms with Crippen LogP contribution in [0.5, 0.6) is 0 Å². The maximum atomic E-state index is 13.7. The lowest BCUT2D eigenvalue weighted by Gasteiger charge is -2.18. The molecule has 0 N–H and O–H groups in total. The number of benzene rings is 2. The van der Waals surface area contributed by atoms with Gasteiger partial charge in [-0.2, -0.15) is 13.9 Å². The maximum absolute atomic E-state index is 13.7. The molecular weight excluding hydrogens is 413 g/mol. The van der Waals surface area contributed by atoms with Crippen LogP contribution in [-0.4, -0.2) is 9.55 Å². The number of aromatic nitrogens is 3. The second-order valence-corrected chi connectivity index (χ2v) is 9.45. The van der Waals surface area contributed by atoms with Crippen molar-refractivity contribution in [3.05, 3.63) is 77.5 Å². The molecule has 0 aliphatic heterocycles. The average Bonchev–Trinajstić information content (AvgIpc) is 3.31. The van der Waals surface area contributed by atoms with Gasteiger partial charge in [0.2, 0.25) is 11.7 Å². The van der Waals surface area contributed by atoms with Crippen molar-refractivity contribution in [2.45, 2.75) is 46.5 Å². The molecule has 168 valence electrons. The molecular formula is C28H29FN3O+. The Hall–Kier alpha value is -3.47. The Balaban J connectivity index is 1.80. The van der Waals surface area contributed by atoms with E-state index >= 15 is 0 Å². The lowest BCUT2D eigenvalue weighted by Crippen LogP contribution is -2.29. The molecule has 5 aromatic rings. The van der Waals surface area contributed by atoms with Crippen LogP contribution >= 0.6 is 0 Å². The van der Waals surface area contributed by atoms with Crippen LogP contribution in [0, 0.1) is 12.9 Å². The quantitative estimate of drug-likeness (QED) is 0.223. The molecule has 0 spiro atoms. The van der Waals surface area contributed by atoms with Gasteiger partial charge in [-0.1, -0.05) is 45.9 Å². The van der Waals surface area contributed by atoms with Gasteiger partial charge in [0, 0.05) is 21.9 Å². The summed E-state index contributed by atoms with van der Waals surface area (Å²) < 4.78 is 24.1. The molecule has 0 saturated carbocycles. The lowest BCUT2D eigenvalue weighted by molar-refractivity contribution is -0.659. The van der Waals surface area contributed by atoms with Gasteiger partial charge < -0.3 is 4.42 Å². The SMILES string of the molecule is Cc1cc2c(cc1-c1n(-c3c(C(C)C)cccc3C(C)C)cc[n+]1C)oc1nc(F)ccc12. The summed E-state index contributed by atoms with van der Waals surface area (Å²) in [5.74, 6) is 1.31. The van der Waals surface area contributed by atoms with Crippen molar-refractivity contribution in [1.29, 1.82) is 0 Å². The van der Waals surface area contributed by atoms with Crippen molar-refractivity contribution in [1.82, 2.24) is 9.55 Å². The van der Waals surface area contributed by atoms with Crippen molar-refractivity contribution >= 4 is 22.1 Å². The van der Waals surface area contributed by atoms with Gasteiger partial charge in [-0.3, -0.25) is 0 Å². The molecule has 0 bridgehead atoms. The largest absolute Gasteiger partial charge is 0.438 e. The number of fused-ring (bicyclic) bond motifs is 3. The van der Waals surface area contributed by atoms with Gasteiger partial charge in [0.15, 0.2) is 0 Å². The first kappa shape index (κ1) is 21.4. The predicted molar refractivity (Wildman–Crippen MR) is 130 cm³/mol. The van der Waals surface area contributed by atoms with Gasteiger partial charge in [0.1, 0.15) is 23.7 Å². The van der Waals surface area contributed by atoms with E-state index in [1.807, 2.05) is 0 Å². The third-order valence-electron chi connectivity index (χ3n) is 6.48. The molecule has 0 saturated heterocycles. The first-order valence-corrected chi connectivity index (χ1v) is 11.5. The average molecular weight is 443 g/mol. The van der Waals surface area contributed by atoms with Crippen molar-refractivity contribution in [2.24, 2.45) is 7.05 Å². The fourth-order valence-electron chi connectivity index (χ4n) is 4.80. The van der Waals surface area contributed by atoms with Crippen LogP contribution in [0.15, 0.2) is 59.3 Å². The van der Waals surface area contributed by atoms with Crippen molar-refractivity contribution in [2.75, 3.05) is 0 Å². The number of para-hydroxylation sites is 1. The van der Waals surface area contributed by atoms with Crippen LogP contribution in [0.25, 0.3) is 39.1 Å². The van der Waals surface area contributed by atoms with Gasteiger partial charge in [-0.15, -0.1) is 0 Å². The van der Waals surface area contributed by atoms with Crippen LogP contribution in [0.1, 0.15) is 56.2 Å². The number of aryl methyl sites for hydroxylation is 2. The number of pyridine rings is 1. The van der Waals surface area contributed by atoms with Gasteiger partial charge >= 0.3 is 0 Å². The van der Waals surface area contributed by atoms with Crippen LogP contribution in [0.2, 0.25) is 0 Å². The molecule has 0 atom stereocenters. The third-order valence-corrected chi connectivity index (χ3v) is 6.48. The molecule has 0 aliphatic carbocycles. The Morgan fingerprint density at radius 2 is 1.67 bits per heavy atom. The smallest absolute Gasteiger partial charge is 0.294 e. The fourth-order valence-corrected chi connectivity index (χ4v) is 4.80. The lowest BCUT2D eigenvalue weighted by atomic mass is 9.92. The van der Waals surface area contributed by atoms with E-state index in [1.165, 1.54) is 22.9 Å². The van der Waals surface area contributed by atoms with Gasteiger partial charge in [0.25, 0.3) is 5.82 Å². The number of halogens is 1. The molecule has 5 heteroatoms. The van der Waals surface area contributed by atoms with Gasteiger partial charge in [-0.05, 0) is 48.6 Å². The maximum Gasteiger partial charge on any atom is 0.294 e. The monoisotopic (exact) mass is 442 g/mol. The van der Waals surface area contributed by atoms with Gasteiger partial charge in [0.05, 0.1) is 12.6 Å². The van der Waals surface area contributed by atoms with Crippen molar-refractivity contribution in [3.8, 4) is 17.1 Å². The minimum atomic E-state index is -0.537. The Kier molecular flexibility index (Phi) is 5.08. The van der Waals surface area contributed by atoms with E-state index in [0.717, 1.165) is 27.7 Å². The minimum absolute atomic E-state index is 0.327. The summed E-state index contributed by atoms with van der Waals surface area (Å²) in [4.78, 5) is 3.94. The molecule has 0 fully saturated rings. The summed E-state index contributed by atoms with van der Waals surface area (Å²) in [6, 6.07) is 13.9. The Labute approximate surface area is 193 Å². The molecule has 0 radical (unpaired) electrons. The second kappa shape index (κ2) is 7.84. The van der Waals surface area contributed by atoms with E-state index in [-0.39, 0.29) is 0 Å². The second-order valence-electron chi connectivity index (χ2n) is 9.45. The van der Waals surface area contributed by atoms with Crippen molar-refractivity contribution < 1.29 is 13.4 Å². The predicted octanol–water partition coefficient (Wildman–Crippen LogP) is 6.96. The standard InChI is InChI=1S/C28H29FN3O/c1-16(2)19-8-7-9-20(17(3)4)26(19)32-13-12-31(6)28(32)22-15-24-23(14-18(22)5)21-10-11-25(29)30-27(21)33-24/h7-17H,1-6H3/q+1. The number of furan rings is 1. The van der Waals surface area contributed by atoms with Gasteiger partial charge in [-0.25, -0.2) is 4.57 Å². The highest BCUT2D eigenvalue weighted by molar-refractivity contribution is 6.05. The molecule has 3 heterocycles. The zero-order chi connectivity index (χ0) is 23.4. The summed E-state index contributed by atoms with van der Waals surface area (Å²) in [5.41, 5.74) is 7.11. The van der Waals surface area contributed by atoms with E-state index in [4.69, 9.17) is 4.42 Å². The molecule has 4 nitrogen and oxygen atoms in total. The fraction of sp³-hybridized carbons (Fsp3) is 0.286. The number of nitrogens with zero attached hydrogens (tertiary/aromatic N) is 3. The van der Waals surface area contributed by atoms with E-state index in [2.05, 4.69) is 98.5 Å². The topological polar surface area (TPSA) is 34.8 Å². The van der Waals surface area contributed by atoms with E-state index in [9.17, 15) is 4.39 Å². The highest BCUT2D eigenvalue weighted by Crippen LogP contribution is 2.37. The summed E-state index contributed by atoms with van der Waals surface area (Å²) in [5, 5.41) is 1.78. The van der Waals surface area contributed by atoms with Crippen LogP contribution in [0.4, 0.5) is 4.39 Å². The zero-order valence-electron chi connectivity index (χ0n) is 20.0. The molecule has 5 rings (SSSR count). The zero-order valence-corrected chi connectivity index (χ0v) is 20.0. The normalized spacial score (nSPS) is 12.0. The molecule has 3 aromatic heterocycles. The molecule has 0 unspecified atom stereocenters. The Morgan fingerprint density at radius 3 is 2.33 bits per heavy atom. The van der Waals surface area contributed by atoms with Crippen LogP contribution in [0.3, 0.4) is 0 Å². The molecule has 33 heavy (non-hydrogen) atoms. The Bertz CT molecular complexity index is 1480. The highest BCUT2D eigenvalue weighted by atomic mass is 19.1. The summed E-state index contributed by atoms with van der Waals surface area (Å²) in [6.07, 6.45) is 4.23. The van der Waals surface area contributed by atoms with Crippen LogP contribution < -0.4 is 4.57 Å². The number of hydrogen-bond acceptors (Lipinski definition) is 2. The Morgan fingerprint density at radius 1 is 0.970 bits per heavy atom. The first-order valence-electron chi connectivity index (χ1n) is 11.5. The van der Waals surface area contributed by atoms with Crippen molar-refractivity contribution in [3.63, 3.8) is 0 Å². The number of imidazole rings is 1. The van der Waals surface area contributed by atoms with E-state index < -0.39 is 5.95 Å². The number of hydrogen-bond donors (Lipinski definition) is 0. The first-order chi connectivity index (χ1) is 15.8. The number of rotatable bonds is 4. The van der Waals surface area contributed by atoms with E-state index in [0.29, 0.717) is 23.1 Å². The molecule has 0 aliphatic rings. The third kappa shape index (κ3) is 3.43. The van der Waals surface area contributed by atoms with E-state index in [1.54, 1.807) is 6.07 Å². The summed E-state index contributed by atoms with van der Waals surface area (Å²) in [7, 11) is 2.07. The summed E-state index contributed by atoms with van der Waals surface area (Å²) in [6.45, 7) is 11.1. The van der Waals surface area contributed by atoms with Crippen LogP contribution in [-0.2, 0) is 7.05 Å². The minimum Gasteiger partial charge on any atom is -0.438 e. The summed E-state index contributed by atoms with van der Waals surface area (Å²) >= 11 is 0. The molecule has 0 amide bonds. The molecule has 2 aromatic carbocycles. The highest BCUT2D eigenvalue weighted by Gasteiger charge is 2.27.